The van der Waals surface area contributed by atoms with E-state index in [-0.39, 0.29) is 43.4 Å². The van der Waals surface area contributed by atoms with Gasteiger partial charge in [-0.3, -0.25) is 34.0 Å². The number of benzene rings is 3. The Hall–Kier alpha value is -5.67. The number of aliphatic hydroxyl groups excluding tert-OH is 1. The number of carbonyl (C=O) groups is 4. The molecule has 0 radical (unpaired) electrons. The number of hydrogen-bond donors (Lipinski definition) is 6. The van der Waals surface area contributed by atoms with E-state index in [1.807, 2.05) is 98.6 Å². The summed E-state index contributed by atoms with van der Waals surface area (Å²) in [7, 11) is 0. The zero-order chi connectivity index (χ0) is 45.6. The van der Waals surface area contributed by atoms with Gasteiger partial charge in [-0.15, -0.1) is 0 Å². The van der Waals surface area contributed by atoms with Crippen molar-refractivity contribution in [1.82, 2.24) is 30.7 Å². The lowest BCUT2D eigenvalue weighted by Crippen LogP contribution is -2.61. The highest BCUT2D eigenvalue weighted by atomic mass is 16.5. The van der Waals surface area contributed by atoms with Crippen LogP contribution in [0, 0.1) is 5.92 Å². The van der Waals surface area contributed by atoms with Gasteiger partial charge >= 0.3 is 11.9 Å². The lowest BCUT2D eigenvalue weighted by atomic mass is 9.91. The van der Waals surface area contributed by atoms with Gasteiger partial charge in [-0.2, -0.15) is 0 Å². The van der Waals surface area contributed by atoms with Crippen molar-refractivity contribution in [2.24, 2.45) is 5.92 Å². The molecule has 64 heavy (non-hydrogen) atoms. The van der Waals surface area contributed by atoms with Crippen molar-refractivity contribution in [3.63, 3.8) is 0 Å². The summed E-state index contributed by atoms with van der Waals surface area (Å²) in [6.45, 7) is 8.82. The van der Waals surface area contributed by atoms with Gasteiger partial charge in [-0.25, -0.2) is 0 Å². The molecule has 0 bridgehead atoms. The number of carbonyl (C=O) groups excluding carboxylic acids is 3. The smallest absolute Gasteiger partial charge is 0.321 e. The molecule has 3 aromatic carbocycles. The van der Waals surface area contributed by atoms with Crippen LogP contribution in [0.15, 0.2) is 103 Å². The largest absolute Gasteiger partial charge is 0.508 e. The number of aliphatic carboxylic acids is 1. The fraction of sp³-hybridized carbons (Fsp3) is 0.460. The number of nitrogens with one attached hydrogen (secondary N) is 3. The Morgan fingerprint density at radius 2 is 1.59 bits per heavy atom. The van der Waals surface area contributed by atoms with E-state index in [9.17, 15) is 34.5 Å². The summed E-state index contributed by atoms with van der Waals surface area (Å²) in [6.07, 6.45) is 4.37. The number of hydrogen-bond acceptors (Lipinski definition) is 11. The number of carboxylic acid groups (broad SMARTS) is 1. The number of aromatic hydroxyl groups is 1. The summed E-state index contributed by atoms with van der Waals surface area (Å²) < 4.78 is 6.07. The van der Waals surface area contributed by atoms with Crippen LogP contribution in [-0.4, -0.2) is 116 Å². The van der Waals surface area contributed by atoms with Gasteiger partial charge in [0, 0.05) is 69.4 Å². The molecule has 0 spiro atoms. The normalized spacial score (nSPS) is 19.2. The summed E-state index contributed by atoms with van der Waals surface area (Å²) in [6, 6.07) is 25.8. The average molecular weight is 877 g/mol. The van der Waals surface area contributed by atoms with E-state index in [1.54, 1.807) is 18.3 Å². The lowest BCUT2D eigenvalue weighted by molar-refractivity contribution is -0.151. The molecule has 14 heteroatoms. The topological polar surface area (TPSA) is 194 Å². The molecule has 0 saturated carbocycles. The number of ether oxygens (including phenoxy) is 1. The number of pyridine rings is 1. The molecule has 2 amide bonds. The minimum absolute atomic E-state index is 0.111. The number of phenols is 1. The molecule has 1 aromatic heterocycles. The number of β-amino-alcohol motifs (C(OH)–C–C–N with tert-alkyl or cyclic N) is 1. The van der Waals surface area contributed by atoms with Crippen LogP contribution in [-0.2, 0) is 49.7 Å². The Labute approximate surface area is 376 Å². The molecule has 6 atom stereocenters. The first-order valence-electron chi connectivity index (χ1n) is 22.4. The number of aromatic nitrogens is 1. The number of esters is 1. The molecule has 2 aliphatic rings. The number of unbranched alkanes of at least 4 members (excludes halogenated alkanes) is 1. The lowest BCUT2D eigenvalue weighted by Gasteiger charge is -2.42. The first-order valence-corrected chi connectivity index (χ1v) is 22.4. The third-order valence-electron chi connectivity index (χ3n) is 11.8. The van der Waals surface area contributed by atoms with Gasteiger partial charge in [0.25, 0.3) is 0 Å². The Morgan fingerprint density at radius 1 is 0.875 bits per heavy atom. The Bertz CT molecular complexity index is 2130. The number of phenolic OH excluding ortho intramolecular Hbond substituents is 1. The zero-order valence-electron chi connectivity index (χ0n) is 37.2. The fourth-order valence-corrected chi connectivity index (χ4v) is 8.67. The summed E-state index contributed by atoms with van der Waals surface area (Å²) in [5.74, 6) is -2.28. The van der Waals surface area contributed by atoms with Crippen LogP contribution in [0.25, 0.3) is 0 Å². The van der Waals surface area contributed by atoms with Crippen LogP contribution >= 0.6 is 0 Å². The van der Waals surface area contributed by atoms with Crippen molar-refractivity contribution in [2.45, 2.75) is 108 Å². The van der Waals surface area contributed by atoms with Gasteiger partial charge in [0.1, 0.15) is 23.9 Å². The SMILES string of the molecule is CC(C)(C)NC(=O)[C@@H]1CN(Cc2cccnc2)CCN1C[C@@H](O)C[C@@H](Cc1ccccc1)C(=O)N[C@H]1c2ccccc2C[C@H]1OC(=O)CCCCN[C@@H](Cc1ccc(O)cc1)C(=O)O. The second-order valence-corrected chi connectivity index (χ2v) is 18.2. The number of amides is 2. The first kappa shape index (κ1) is 47.8. The minimum atomic E-state index is -0.984. The number of aliphatic hydroxyl groups is 1. The van der Waals surface area contributed by atoms with Gasteiger partial charge in [-0.05, 0) is 105 Å². The maximum atomic E-state index is 14.5. The maximum Gasteiger partial charge on any atom is 0.321 e. The standard InChI is InChI=1S/C50H64N6O8/c1-50(2,3)54-48(61)43-33-55(31-36-14-11-22-51-30-36)24-25-56(43)32-40(58)28-38(26-34-12-5-4-6-13-34)47(60)53-46-41-16-8-7-15-37(41)29-44(46)64-45(59)17-9-10-23-52-42(49(62)63)27-35-18-20-39(57)21-19-35/h4-8,11-16,18-22,30,38,40,42-44,46,52,57-58H,9-10,17,23-29,31-33H2,1-3H3,(H,53,60)(H,54,61)(H,62,63)/t38-,40+,42+,43+,44-,46+/m1/s1. The summed E-state index contributed by atoms with van der Waals surface area (Å²) in [5.41, 5.74) is 4.19. The van der Waals surface area contributed by atoms with Crippen LogP contribution < -0.4 is 16.0 Å². The number of nitrogens with zero attached hydrogens (tertiary/aromatic N) is 3. The van der Waals surface area contributed by atoms with E-state index in [1.165, 1.54) is 12.1 Å². The van der Waals surface area contributed by atoms with Crippen molar-refractivity contribution in [3.8, 4) is 5.75 Å². The maximum absolute atomic E-state index is 14.5. The van der Waals surface area contributed by atoms with Gasteiger partial charge < -0.3 is 36.0 Å². The highest BCUT2D eigenvalue weighted by Gasteiger charge is 2.39. The van der Waals surface area contributed by atoms with Gasteiger partial charge in [-0.1, -0.05) is 72.8 Å². The van der Waals surface area contributed by atoms with Crippen LogP contribution in [0.3, 0.4) is 0 Å². The minimum Gasteiger partial charge on any atom is -0.508 e. The van der Waals surface area contributed by atoms with E-state index < -0.39 is 53.7 Å². The first-order chi connectivity index (χ1) is 30.7. The molecule has 6 rings (SSSR count). The molecule has 1 fully saturated rings. The zero-order valence-corrected chi connectivity index (χ0v) is 37.2. The molecule has 6 N–H and O–H groups in total. The van der Waals surface area contributed by atoms with Crippen LogP contribution in [0.5, 0.6) is 5.75 Å². The Kier molecular flexibility index (Phi) is 17.0. The second-order valence-electron chi connectivity index (χ2n) is 18.2. The van der Waals surface area contributed by atoms with Gasteiger partial charge in [0.05, 0.1) is 12.1 Å². The fourth-order valence-electron chi connectivity index (χ4n) is 8.67. The molecule has 2 heterocycles. The molecule has 0 unspecified atom stereocenters. The molecule has 1 aliphatic heterocycles. The molecular formula is C50H64N6O8. The third kappa shape index (κ3) is 14.4. The van der Waals surface area contributed by atoms with Crippen molar-refractivity contribution in [1.29, 1.82) is 0 Å². The predicted octanol–water partition coefficient (Wildman–Crippen LogP) is 4.58. The second kappa shape index (κ2) is 22.8. The highest BCUT2D eigenvalue weighted by molar-refractivity contribution is 5.83. The van der Waals surface area contributed by atoms with Crippen LogP contribution in [0.4, 0.5) is 0 Å². The highest BCUT2D eigenvalue weighted by Crippen LogP contribution is 2.34. The third-order valence-corrected chi connectivity index (χ3v) is 11.8. The summed E-state index contributed by atoms with van der Waals surface area (Å²) in [4.78, 5) is 61.9. The van der Waals surface area contributed by atoms with E-state index in [0.29, 0.717) is 58.4 Å². The molecule has 342 valence electrons. The predicted molar refractivity (Wildman–Crippen MR) is 243 cm³/mol. The molecule has 14 nitrogen and oxygen atoms in total. The van der Waals surface area contributed by atoms with E-state index >= 15 is 0 Å². The molecule has 1 saturated heterocycles. The van der Waals surface area contributed by atoms with E-state index in [2.05, 4.69) is 25.8 Å². The average Bonchev–Trinajstić information content (AvgIpc) is 3.59. The van der Waals surface area contributed by atoms with Gasteiger partial charge in [0.2, 0.25) is 11.8 Å². The quantitative estimate of drug-likeness (QED) is 0.0505. The number of piperazine rings is 1. The number of rotatable bonds is 21. The van der Waals surface area contributed by atoms with E-state index in [4.69, 9.17) is 4.74 Å². The molecule has 4 aromatic rings. The Morgan fingerprint density at radius 3 is 2.31 bits per heavy atom. The Balaban J connectivity index is 1.08. The number of carboxylic acids is 1. The monoisotopic (exact) mass is 876 g/mol. The molecule has 1 aliphatic carbocycles. The summed E-state index contributed by atoms with van der Waals surface area (Å²) in [5, 5.41) is 40.5. The summed E-state index contributed by atoms with van der Waals surface area (Å²) >= 11 is 0. The van der Waals surface area contributed by atoms with Crippen molar-refractivity contribution in [3.05, 3.63) is 131 Å². The van der Waals surface area contributed by atoms with Gasteiger partial charge in [0.15, 0.2) is 0 Å². The van der Waals surface area contributed by atoms with Crippen molar-refractivity contribution >= 4 is 23.8 Å². The van der Waals surface area contributed by atoms with Crippen LogP contribution in [0.2, 0.25) is 0 Å². The van der Waals surface area contributed by atoms with Crippen LogP contribution in [0.1, 0.15) is 80.3 Å². The van der Waals surface area contributed by atoms with Crippen molar-refractivity contribution < 1.29 is 39.2 Å². The van der Waals surface area contributed by atoms with E-state index in [0.717, 1.165) is 27.8 Å². The number of fused-ring (bicyclic) bond motifs is 1. The molecular weight excluding hydrogens is 813 g/mol. The van der Waals surface area contributed by atoms with Crippen molar-refractivity contribution in [2.75, 3.05) is 32.7 Å².